The monoisotopic (exact) mass is 301 g/mol. The van der Waals surface area contributed by atoms with Gasteiger partial charge in [-0.25, -0.2) is 9.97 Å². The summed E-state index contributed by atoms with van der Waals surface area (Å²) in [6.07, 6.45) is 4.51. The first kappa shape index (κ1) is 15.9. The number of anilines is 1. The Morgan fingerprint density at radius 2 is 2.05 bits per heavy atom. The second-order valence-electron chi connectivity index (χ2n) is 4.81. The van der Waals surface area contributed by atoms with Crippen LogP contribution in [0.1, 0.15) is 0 Å². The van der Waals surface area contributed by atoms with Crippen molar-refractivity contribution in [1.29, 1.82) is 5.26 Å². The zero-order valence-electron chi connectivity index (χ0n) is 12.3. The van der Waals surface area contributed by atoms with Crippen molar-refractivity contribution in [3.8, 4) is 6.07 Å². The number of rotatable bonds is 5. The molecule has 1 aliphatic rings. The van der Waals surface area contributed by atoms with Gasteiger partial charge in [-0.2, -0.15) is 5.26 Å². The highest BCUT2D eigenvalue weighted by Crippen LogP contribution is 2.07. The van der Waals surface area contributed by atoms with Crippen LogP contribution >= 0.6 is 0 Å². The molecule has 2 rings (SSSR count). The van der Waals surface area contributed by atoms with E-state index in [1.54, 1.807) is 23.4 Å². The Bertz CT molecular complexity index is 558. The number of hydrogen-bond donors (Lipinski definition) is 2. The highest BCUT2D eigenvalue weighted by atomic mass is 16.2. The molecule has 22 heavy (non-hydrogen) atoms. The molecule has 0 unspecified atom stereocenters. The van der Waals surface area contributed by atoms with E-state index in [1.807, 2.05) is 6.07 Å². The molecule has 1 amide bonds. The summed E-state index contributed by atoms with van der Waals surface area (Å²) in [5.74, 6) is 0.0640. The van der Waals surface area contributed by atoms with Crippen LogP contribution in [0, 0.1) is 11.3 Å². The normalized spacial score (nSPS) is 16.2. The molecule has 1 aromatic heterocycles. The number of nitrogens with zero attached hydrogens (tertiary/aromatic N) is 5. The zero-order chi connectivity index (χ0) is 15.8. The molecule has 0 atom stereocenters. The van der Waals surface area contributed by atoms with Gasteiger partial charge in [0.25, 0.3) is 5.91 Å². The van der Waals surface area contributed by atoms with E-state index in [9.17, 15) is 4.79 Å². The summed E-state index contributed by atoms with van der Waals surface area (Å²) < 4.78 is 0. The van der Waals surface area contributed by atoms with E-state index in [0.717, 1.165) is 19.6 Å². The van der Waals surface area contributed by atoms with Gasteiger partial charge in [0, 0.05) is 57.9 Å². The lowest BCUT2D eigenvalue weighted by Crippen LogP contribution is -2.50. The van der Waals surface area contributed by atoms with Crippen LogP contribution in [0.3, 0.4) is 0 Å². The molecule has 3 N–H and O–H groups in total. The van der Waals surface area contributed by atoms with Gasteiger partial charge in [-0.3, -0.25) is 9.69 Å². The number of nitriles is 1. The van der Waals surface area contributed by atoms with Gasteiger partial charge in [-0.1, -0.05) is 0 Å². The summed E-state index contributed by atoms with van der Waals surface area (Å²) in [6.45, 7) is 4.18. The number of piperazine rings is 1. The quantitative estimate of drug-likeness (QED) is 0.551. The lowest BCUT2D eigenvalue weighted by Gasteiger charge is -2.34. The number of carbonyl (C=O) groups is 1. The van der Waals surface area contributed by atoms with E-state index in [4.69, 9.17) is 11.0 Å². The molecular weight excluding hydrogens is 282 g/mol. The van der Waals surface area contributed by atoms with Crippen molar-refractivity contribution in [1.82, 2.24) is 19.8 Å². The van der Waals surface area contributed by atoms with Gasteiger partial charge in [0.15, 0.2) is 0 Å². The molecule has 1 aromatic rings. The predicted molar refractivity (Wildman–Crippen MR) is 81.4 cm³/mol. The first-order valence-electron chi connectivity index (χ1n) is 7.10. The topological polar surface area (TPSA) is 111 Å². The van der Waals surface area contributed by atoms with Crippen LogP contribution < -0.4 is 11.1 Å². The fraction of sp³-hybridized carbons (Fsp3) is 0.429. The third kappa shape index (κ3) is 4.25. The van der Waals surface area contributed by atoms with Gasteiger partial charge in [0.2, 0.25) is 5.95 Å². The van der Waals surface area contributed by atoms with E-state index in [2.05, 4.69) is 20.2 Å². The largest absolute Gasteiger partial charge is 0.335 e. The van der Waals surface area contributed by atoms with Crippen molar-refractivity contribution in [3.63, 3.8) is 0 Å². The molecule has 8 heteroatoms. The average molecular weight is 301 g/mol. The van der Waals surface area contributed by atoms with Crippen LogP contribution in [0.4, 0.5) is 5.95 Å². The fourth-order valence-corrected chi connectivity index (χ4v) is 2.18. The first-order valence-corrected chi connectivity index (χ1v) is 7.10. The number of carbonyl (C=O) groups excluding carboxylic acids is 1. The molecule has 2 heterocycles. The molecule has 0 radical (unpaired) electrons. The Labute approximate surface area is 129 Å². The van der Waals surface area contributed by atoms with Gasteiger partial charge in [0.05, 0.1) is 0 Å². The molecule has 0 aliphatic carbocycles. The number of amides is 1. The van der Waals surface area contributed by atoms with Gasteiger partial charge < -0.3 is 16.0 Å². The minimum absolute atomic E-state index is 0.0414. The van der Waals surface area contributed by atoms with Crippen molar-refractivity contribution in [2.24, 2.45) is 5.73 Å². The maximum atomic E-state index is 12.3. The van der Waals surface area contributed by atoms with Gasteiger partial charge in [-0.05, 0) is 6.07 Å². The summed E-state index contributed by atoms with van der Waals surface area (Å²) >= 11 is 0. The average Bonchev–Trinajstić information content (AvgIpc) is 2.57. The van der Waals surface area contributed by atoms with Gasteiger partial charge in [0.1, 0.15) is 11.6 Å². The van der Waals surface area contributed by atoms with Crippen LogP contribution in [-0.4, -0.2) is 64.9 Å². The van der Waals surface area contributed by atoms with Crippen LogP contribution in [0.25, 0.3) is 0 Å². The van der Waals surface area contributed by atoms with E-state index in [-0.39, 0.29) is 11.5 Å². The predicted octanol–water partition coefficient (Wildman–Crippen LogP) is -0.601. The minimum Gasteiger partial charge on any atom is -0.335 e. The first-order chi connectivity index (χ1) is 10.7. The second-order valence-corrected chi connectivity index (χ2v) is 4.81. The van der Waals surface area contributed by atoms with Crippen LogP contribution in [0.15, 0.2) is 30.2 Å². The van der Waals surface area contributed by atoms with Crippen LogP contribution in [0.2, 0.25) is 0 Å². The standard InChI is InChI=1S/C14H19N7O/c15-2-5-20-6-8-21(9-7-20)13(22)12(10-16)11-19-14-17-3-1-4-18-14/h1,3-4,11H,2,5-9,15H2,(H,17,18,19)/b12-11-. The van der Waals surface area contributed by atoms with E-state index in [1.165, 1.54) is 6.20 Å². The summed E-state index contributed by atoms with van der Waals surface area (Å²) in [5, 5.41) is 11.9. The Balaban J connectivity index is 1.94. The maximum Gasteiger partial charge on any atom is 0.266 e. The minimum atomic E-state index is -0.279. The van der Waals surface area contributed by atoms with Crippen molar-refractivity contribution < 1.29 is 4.79 Å². The van der Waals surface area contributed by atoms with Crippen LogP contribution in [0.5, 0.6) is 0 Å². The van der Waals surface area contributed by atoms with Crippen molar-refractivity contribution in [2.75, 3.05) is 44.6 Å². The molecule has 8 nitrogen and oxygen atoms in total. The highest BCUT2D eigenvalue weighted by molar-refractivity contribution is 5.97. The van der Waals surface area contributed by atoms with Crippen LogP contribution in [-0.2, 0) is 4.79 Å². The number of hydrogen-bond acceptors (Lipinski definition) is 7. The fourth-order valence-electron chi connectivity index (χ4n) is 2.18. The van der Waals surface area contributed by atoms with Crippen molar-refractivity contribution >= 4 is 11.9 Å². The zero-order valence-corrected chi connectivity index (χ0v) is 12.3. The Morgan fingerprint density at radius 1 is 1.36 bits per heavy atom. The Hall–Kier alpha value is -2.50. The third-order valence-electron chi connectivity index (χ3n) is 3.37. The Morgan fingerprint density at radius 3 is 2.64 bits per heavy atom. The van der Waals surface area contributed by atoms with Crippen molar-refractivity contribution in [2.45, 2.75) is 0 Å². The van der Waals surface area contributed by atoms with Crippen molar-refractivity contribution in [3.05, 3.63) is 30.2 Å². The van der Waals surface area contributed by atoms with E-state index < -0.39 is 0 Å². The summed E-state index contributed by atoms with van der Waals surface area (Å²) in [6, 6.07) is 3.61. The van der Waals surface area contributed by atoms with Gasteiger partial charge >= 0.3 is 0 Å². The smallest absolute Gasteiger partial charge is 0.266 e. The molecule has 116 valence electrons. The summed E-state index contributed by atoms with van der Waals surface area (Å²) in [4.78, 5) is 24.1. The molecular formula is C14H19N7O. The second kappa shape index (κ2) is 8.07. The Kier molecular flexibility index (Phi) is 5.82. The molecule has 0 bridgehead atoms. The molecule has 0 aromatic carbocycles. The summed E-state index contributed by atoms with van der Waals surface area (Å²) in [5.41, 5.74) is 5.57. The highest BCUT2D eigenvalue weighted by Gasteiger charge is 2.23. The molecule has 1 aliphatic heterocycles. The van der Waals surface area contributed by atoms with E-state index >= 15 is 0 Å². The number of aromatic nitrogens is 2. The summed E-state index contributed by atoms with van der Waals surface area (Å²) in [7, 11) is 0. The molecule has 1 saturated heterocycles. The molecule has 0 spiro atoms. The lowest BCUT2D eigenvalue weighted by atomic mass is 10.2. The third-order valence-corrected chi connectivity index (χ3v) is 3.37. The lowest BCUT2D eigenvalue weighted by molar-refractivity contribution is -0.128. The number of nitrogens with one attached hydrogen (secondary N) is 1. The SMILES string of the molecule is N#C/C(=C/Nc1ncccn1)C(=O)N1CCN(CCN)CC1. The molecule has 0 saturated carbocycles. The number of nitrogens with two attached hydrogens (primary N) is 1. The maximum absolute atomic E-state index is 12.3. The molecule has 1 fully saturated rings. The van der Waals surface area contributed by atoms with Gasteiger partial charge in [-0.15, -0.1) is 0 Å². The van der Waals surface area contributed by atoms with E-state index in [0.29, 0.717) is 25.6 Å².